The van der Waals surface area contributed by atoms with Crippen molar-refractivity contribution in [3.05, 3.63) is 18.2 Å². The molecule has 0 radical (unpaired) electrons. The van der Waals surface area contributed by atoms with E-state index in [0.717, 1.165) is 19.3 Å². The van der Waals surface area contributed by atoms with Gasteiger partial charge in [-0.05, 0) is 31.4 Å². The quantitative estimate of drug-likeness (QED) is 0.901. The van der Waals surface area contributed by atoms with Crippen molar-refractivity contribution in [3.8, 4) is 11.5 Å². The van der Waals surface area contributed by atoms with E-state index in [1.807, 2.05) is 0 Å². The Labute approximate surface area is 131 Å². The van der Waals surface area contributed by atoms with Crippen molar-refractivity contribution >= 4 is 10.0 Å². The first kappa shape index (κ1) is 15.6. The zero-order valence-corrected chi connectivity index (χ0v) is 13.7. The number of hydrogen-bond donors (Lipinski definition) is 1. The van der Waals surface area contributed by atoms with Crippen LogP contribution in [0.2, 0.25) is 0 Å². The van der Waals surface area contributed by atoms with E-state index < -0.39 is 10.0 Å². The minimum atomic E-state index is -3.51. The third kappa shape index (κ3) is 2.80. The number of nitrogens with one attached hydrogen (secondary N) is 1. The fourth-order valence-corrected chi connectivity index (χ4v) is 4.77. The number of fused-ring (bicyclic) bond motifs is 2. The molecule has 1 N–H and O–H groups in total. The molecular weight excluding hydrogens is 304 g/mol. The first-order valence-corrected chi connectivity index (χ1v) is 8.97. The Morgan fingerprint density at radius 1 is 1.09 bits per heavy atom. The van der Waals surface area contributed by atoms with E-state index in [2.05, 4.69) is 5.32 Å². The van der Waals surface area contributed by atoms with Crippen LogP contribution in [0.1, 0.15) is 19.3 Å². The lowest BCUT2D eigenvalue weighted by molar-refractivity contribution is 0.353. The average molecular weight is 326 g/mol. The predicted molar refractivity (Wildman–Crippen MR) is 82.9 cm³/mol. The van der Waals surface area contributed by atoms with Crippen LogP contribution in [-0.2, 0) is 10.0 Å². The lowest BCUT2D eigenvalue weighted by atomic mass is 10.1. The van der Waals surface area contributed by atoms with E-state index in [0.29, 0.717) is 30.6 Å². The van der Waals surface area contributed by atoms with Crippen molar-refractivity contribution in [1.82, 2.24) is 9.62 Å². The third-order valence-corrected chi connectivity index (χ3v) is 6.34. The maximum atomic E-state index is 12.9. The third-order valence-electron chi connectivity index (χ3n) is 4.48. The van der Waals surface area contributed by atoms with Crippen molar-refractivity contribution in [2.75, 3.05) is 27.3 Å². The SMILES string of the molecule is COc1ccc(S(=O)(=O)N2CCC3CCC(C2)N3)cc1OC. The summed E-state index contributed by atoms with van der Waals surface area (Å²) in [5, 5.41) is 3.50. The molecule has 0 spiro atoms. The second-order valence-corrected chi connectivity index (χ2v) is 7.74. The Kier molecular flexibility index (Phi) is 4.29. The van der Waals surface area contributed by atoms with Crippen molar-refractivity contribution in [2.24, 2.45) is 0 Å². The summed E-state index contributed by atoms with van der Waals surface area (Å²) in [6.07, 6.45) is 3.06. The summed E-state index contributed by atoms with van der Waals surface area (Å²) >= 11 is 0. The molecule has 2 aliphatic heterocycles. The molecule has 7 heteroatoms. The van der Waals surface area contributed by atoms with Gasteiger partial charge in [-0.15, -0.1) is 0 Å². The number of sulfonamides is 1. The molecule has 0 amide bonds. The van der Waals surface area contributed by atoms with Crippen molar-refractivity contribution in [2.45, 2.75) is 36.2 Å². The van der Waals surface area contributed by atoms with Crippen LogP contribution >= 0.6 is 0 Å². The fourth-order valence-electron chi connectivity index (χ4n) is 3.26. The van der Waals surface area contributed by atoms with Gasteiger partial charge in [-0.25, -0.2) is 8.42 Å². The molecule has 122 valence electrons. The summed E-state index contributed by atoms with van der Waals surface area (Å²) in [5.41, 5.74) is 0. The highest BCUT2D eigenvalue weighted by molar-refractivity contribution is 7.89. The van der Waals surface area contributed by atoms with Gasteiger partial charge >= 0.3 is 0 Å². The van der Waals surface area contributed by atoms with E-state index in [1.165, 1.54) is 20.3 Å². The molecule has 2 fully saturated rings. The number of nitrogens with zero attached hydrogens (tertiary/aromatic N) is 1. The second kappa shape index (κ2) is 6.06. The zero-order valence-electron chi connectivity index (χ0n) is 12.9. The Morgan fingerprint density at radius 2 is 1.82 bits per heavy atom. The van der Waals surface area contributed by atoms with Gasteiger partial charge in [-0.1, -0.05) is 0 Å². The van der Waals surface area contributed by atoms with Gasteiger partial charge in [0.2, 0.25) is 10.0 Å². The second-order valence-electron chi connectivity index (χ2n) is 5.81. The zero-order chi connectivity index (χ0) is 15.7. The monoisotopic (exact) mass is 326 g/mol. The van der Waals surface area contributed by atoms with Crippen LogP contribution in [-0.4, -0.2) is 52.1 Å². The molecule has 0 aromatic heterocycles. The Balaban J connectivity index is 1.89. The molecule has 2 atom stereocenters. The summed E-state index contributed by atoms with van der Waals surface area (Å²) in [6, 6.07) is 5.46. The minimum absolute atomic E-state index is 0.253. The number of rotatable bonds is 4. The van der Waals surface area contributed by atoms with Gasteiger partial charge in [0.05, 0.1) is 19.1 Å². The molecule has 2 bridgehead atoms. The molecule has 2 saturated heterocycles. The first-order chi connectivity index (χ1) is 10.5. The predicted octanol–water partition coefficient (Wildman–Crippen LogP) is 1.22. The maximum absolute atomic E-state index is 12.9. The summed E-state index contributed by atoms with van der Waals surface area (Å²) in [7, 11) is -0.474. The largest absolute Gasteiger partial charge is 0.493 e. The highest BCUT2D eigenvalue weighted by atomic mass is 32.2. The van der Waals surface area contributed by atoms with Crippen molar-refractivity contribution in [3.63, 3.8) is 0 Å². The van der Waals surface area contributed by atoms with E-state index in [1.54, 1.807) is 16.4 Å². The lowest BCUT2D eigenvalue weighted by Gasteiger charge is -2.24. The molecule has 1 aromatic carbocycles. The minimum Gasteiger partial charge on any atom is -0.493 e. The molecule has 3 rings (SSSR count). The van der Waals surface area contributed by atoms with Crippen LogP contribution in [0.25, 0.3) is 0 Å². The molecule has 2 heterocycles. The average Bonchev–Trinajstić information content (AvgIpc) is 2.84. The highest BCUT2D eigenvalue weighted by Gasteiger charge is 2.35. The van der Waals surface area contributed by atoms with Crippen LogP contribution in [0, 0.1) is 0 Å². The molecule has 2 unspecified atom stereocenters. The Morgan fingerprint density at radius 3 is 2.55 bits per heavy atom. The van der Waals surface area contributed by atoms with Gasteiger partial charge in [-0.2, -0.15) is 4.31 Å². The summed E-state index contributed by atoms with van der Waals surface area (Å²) in [6.45, 7) is 1.10. The summed E-state index contributed by atoms with van der Waals surface area (Å²) in [5.74, 6) is 0.955. The number of hydrogen-bond acceptors (Lipinski definition) is 5. The van der Waals surface area contributed by atoms with Crippen molar-refractivity contribution in [1.29, 1.82) is 0 Å². The fraction of sp³-hybridized carbons (Fsp3) is 0.600. The number of methoxy groups -OCH3 is 2. The molecule has 0 aliphatic carbocycles. The van der Waals surface area contributed by atoms with Gasteiger partial charge in [0, 0.05) is 31.2 Å². The van der Waals surface area contributed by atoms with Gasteiger partial charge < -0.3 is 14.8 Å². The van der Waals surface area contributed by atoms with Crippen LogP contribution in [0.5, 0.6) is 11.5 Å². The Hall–Kier alpha value is -1.31. The highest BCUT2D eigenvalue weighted by Crippen LogP contribution is 2.32. The lowest BCUT2D eigenvalue weighted by Crippen LogP contribution is -2.39. The van der Waals surface area contributed by atoms with Crippen LogP contribution in [0.3, 0.4) is 0 Å². The number of benzene rings is 1. The molecule has 1 aromatic rings. The van der Waals surface area contributed by atoms with Gasteiger partial charge in [0.1, 0.15) is 0 Å². The van der Waals surface area contributed by atoms with E-state index in [-0.39, 0.29) is 10.9 Å². The normalized spacial score (nSPS) is 25.7. The van der Waals surface area contributed by atoms with E-state index in [4.69, 9.17) is 9.47 Å². The standard InChI is InChI=1S/C15H22N2O4S/c1-20-14-6-5-13(9-15(14)21-2)22(18,19)17-8-7-11-3-4-12(10-17)16-11/h5-6,9,11-12,16H,3-4,7-8,10H2,1-2H3. The molecule has 0 saturated carbocycles. The summed E-state index contributed by atoms with van der Waals surface area (Å²) < 4.78 is 37.7. The molecule has 22 heavy (non-hydrogen) atoms. The molecular formula is C15H22N2O4S. The molecule has 6 nitrogen and oxygen atoms in total. The van der Waals surface area contributed by atoms with E-state index in [9.17, 15) is 8.42 Å². The van der Waals surface area contributed by atoms with Crippen molar-refractivity contribution < 1.29 is 17.9 Å². The van der Waals surface area contributed by atoms with Gasteiger partial charge in [0.25, 0.3) is 0 Å². The van der Waals surface area contributed by atoms with Crippen LogP contribution < -0.4 is 14.8 Å². The number of ether oxygens (including phenoxy) is 2. The van der Waals surface area contributed by atoms with E-state index >= 15 is 0 Å². The Bertz CT molecular complexity index is 647. The van der Waals surface area contributed by atoms with Crippen LogP contribution in [0.15, 0.2) is 23.1 Å². The maximum Gasteiger partial charge on any atom is 0.243 e. The summed E-state index contributed by atoms with van der Waals surface area (Å²) in [4.78, 5) is 0.253. The van der Waals surface area contributed by atoms with Crippen LogP contribution in [0.4, 0.5) is 0 Å². The topological polar surface area (TPSA) is 67.9 Å². The van der Waals surface area contributed by atoms with Gasteiger partial charge in [0.15, 0.2) is 11.5 Å². The smallest absolute Gasteiger partial charge is 0.243 e. The van der Waals surface area contributed by atoms with Gasteiger partial charge in [-0.3, -0.25) is 0 Å². The molecule has 2 aliphatic rings. The first-order valence-electron chi connectivity index (χ1n) is 7.53.